The van der Waals surface area contributed by atoms with E-state index in [1.807, 2.05) is 6.07 Å². The smallest absolute Gasteiger partial charge is 0.406 e. The summed E-state index contributed by atoms with van der Waals surface area (Å²) >= 11 is 0. The third-order valence-corrected chi connectivity index (χ3v) is 3.81. The van der Waals surface area contributed by atoms with Crippen molar-refractivity contribution in [1.29, 1.82) is 0 Å². The molecule has 0 spiro atoms. The molecule has 112 valence electrons. The summed E-state index contributed by atoms with van der Waals surface area (Å²) < 4.78 is 40.4. The molecule has 0 aromatic heterocycles. The molecule has 2 atom stereocenters. The number of ether oxygens (including phenoxy) is 1. The summed E-state index contributed by atoms with van der Waals surface area (Å²) in [6.45, 7) is 2.80. The highest BCUT2D eigenvalue weighted by Crippen LogP contribution is 2.25. The van der Waals surface area contributed by atoms with Gasteiger partial charge in [0.1, 0.15) is 5.75 Å². The van der Waals surface area contributed by atoms with Crippen molar-refractivity contribution in [2.24, 2.45) is 5.92 Å². The van der Waals surface area contributed by atoms with Gasteiger partial charge in [0, 0.05) is 12.6 Å². The number of alkyl halides is 3. The van der Waals surface area contributed by atoms with Gasteiger partial charge in [-0.1, -0.05) is 31.9 Å². The number of hydrogen-bond donors (Lipinski definition) is 1. The second-order valence-electron chi connectivity index (χ2n) is 5.44. The Labute approximate surface area is 117 Å². The summed E-state index contributed by atoms with van der Waals surface area (Å²) in [5.41, 5.74) is 0.810. The zero-order valence-corrected chi connectivity index (χ0v) is 11.5. The molecule has 0 radical (unpaired) electrons. The monoisotopic (exact) mass is 287 g/mol. The lowest BCUT2D eigenvalue weighted by atomic mass is 9.86. The van der Waals surface area contributed by atoms with Gasteiger partial charge < -0.3 is 10.1 Å². The topological polar surface area (TPSA) is 21.3 Å². The minimum Gasteiger partial charge on any atom is -0.406 e. The van der Waals surface area contributed by atoms with E-state index < -0.39 is 6.36 Å². The summed E-state index contributed by atoms with van der Waals surface area (Å²) in [5.74, 6) is 0.465. The molecule has 5 heteroatoms. The van der Waals surface area contributed by atoms with E-state index in [0.29, 0.717) is 18.5 Å². The first-order chi connectivity index (χ1) is 9.44. The summed E-state index contributed by atoms with van der Waals surface area (Å²) in [5, 5.41) is 3.44. The highest BCUT2D eigenvalue weighted by Gasteiger charge is 2.31. The third kappa shape index (κ3) is 4.71. The molecule has 1 aromatic carbocycles. The second kappa shape index (κ2) is 6.48. The zero-order chi connectivity index (χ0) is 14.6. The van der Waals surface area contributed by atoms with Crippen molar-refractivity contribution in [2.45, 2.75) is 51.6 Å². The molecular formula is C15H20F3NO. The van der Waals surface area contributed by atoms with Crippen LogP contribution in [0.25, 0.3) is 0 Å². The normalized spacial score (nSPS) is 23.6. The van der Waals surface area contributed by atoms with E-state index in [0.717, 1.165) is 12.0 Å². The molecule has 1 saturated carbocycles. The Kier molecular flexibility index (Phi) is 4.91. The van der Waals surface area contributed by atoms with E-state index in [1.54, 1.807) is 6.07 Å². The van der Waals surface area contributed by atoms with E-state index in [9.17, 15) is 13.2 Å². The molecule has 1 aliphatic carbocycles. The maximum Gasteiger partial charge on any atom is 0.573 e. The minimum absolute atomic E-state index is 0.159. The van der Waals surface area contributed by atoms with Gasteiger partial charge in [-0.2, -0.15) is 0 Å². The van der Waals surface area contributed by atoms with Crippen LogP contribution in [0.15, 0.2) is 24.3 Å². The van der Waals surface area contributed by atoms with E-state index in [-0.39, 0.29) is 5.75 Å². The van der Waals surface area contributed by atoms with Crippen LogP contribution >= 0.6 is 0 Å². The van der Waals surface area contributed by atoms with E-state index in [4.69, 9.17) is 0 Å². The Hall–Kier alpha value is -1.23. The van der Waals surface area contributed by atoms with Crippen LogP contribution in [0.3, 0.4) is 0 Å². The maximum atomic E-state index is 12.2. The van der Waals surface area contributed by atoms with Gasteiger partial charge in [-0.15, -0.1) is 13.2 Å². The van der Waals surface area contributed by atoms with Crippen LogP contribution in [0.4, 0.5) is 13.2 Å². The molecule has 1 aliphatic rings. The Balaban J connectivity index is 1.91. The highest BCUT2D eigenvalue weighted by atomic mass is 19.4. The largest absolute Gasteiger partial charge is 0.573 e. The van der Waals surface area contributed by atoms with Gasteiger partial charge in [0.25, 0.3) is 0 Å². The van der Waals surface area contributed by atoms with Gasteiger partial charge in [-0.05, 0) is 36.5 Å². The van der Waals surface area contributed by atoms with E-state index in [2.05, 4.69) is 17.0 Å². The van der Waals surface area contributed by atoms with Crippen LogP contribution in [-0.4, -0.2) is 12.4 Å². The van der Waals surface area contributed by atoms with Crippen LogP contribution in [0.2, 0.25) is 0 Å². The molecule has 2 rings (SSSR count). The van der Waals surface area contributed by atoms with Crippen LogP contribution in [-0.2, 0) is 6.54 Å². The van der Waals surface area contributed by atoms with Gasteiger partial charge >= 0.3 is 6.36 Å². The molecular weight excluding hydrogens is 267 g/mol. The Bertz CT molecular complexity index is 433. The summed E-state index contributed by atoms with van der Waals surface area (Å²) in [6.07, 6.45) is 0.215. The summed E-state index contributed by atoms with van der Waals surface area (Å²) in [4.78, 5) is 0. The Morgan fingerprint density at radius 3 is 2.70 bits per heavy atom. The summed E-state index contributed by atoms with van der Waals surface area (Å²) in [6, 6.07) is 6.61. The zero-order valence-electron chi connectivity index (χ0n) is 11.5. The van der Waals surface area contributed by atoms with Crippen molar-refractivity contribution in [3.8, 4) is 5.75 Å². The second-order valence-corrected chi connectivity index (χ2v) is 5.44. The van der Waals surface area contributed by atoms with Gasteiger partial charge in [-0.3, -0.25) is 0 Å². The molecule has 0 bridgehead atoms. The number of hydrogen-bond acceptors (Lipinski definition) is 2. The first kappa shape index (κ1) is 15.2. The minimum atomic E-state index is -4.63. The molecule has 0 heterocycles. The first-order valence-corrected chi connectivity index (χ1v) is 7.02. The molecule has 0 aliphatic heterocycles. The molecule has 1 aromatic rings. The lowest BCUT2D eigenvalue weighted by Gasteiger charge is -2.29. The van der Waals surface area contributed by atoms with Crippen molar-refractivity contribution in [1.82, 2.24) is 5.32 Å². The first-order valence-electron chi connectivity index (χ1n) is 7.02. The van der Waals surface area contributed by atoms with Crippen LogP contribution in [0.5, 0.6) is 5.75 Å². The van der Waals surface area contributed by atoms with Crippen LogP contribution < -0.4 is 10.1 Å². The fraction of sp³-hybridized carbons (Fsp3) is 0.600. The van der Waals surface area contributed by atoms with Gasteiger partial charge in [0.15, 0.2) is 0 Å². The van der Waals surface area contributed by atoms with Crippen molar-refractivity contribution in [3.63, 3.8) is 0 Å². The molecule has 2 unspecified atom stereocenters. The number of rotatable bonds is 4. The van der Waals surface area contributed by atoms with Crippen molar-refractivity contribution < 1.29 is 17.9 Å². The number of benzene rings is 1. The Morgan fingerprint density at radius 2 is 2.00 bits per heavy atom. The summed E-state index contributed by atoms with van der Waals surface area (Å²) in [7, 11) is 0. The molecule has 1 fully saturated rings. The van der Waals surface area contributed by atoms with E-state index in [1.165, 1.54) is 31.4 Å². The maximum absolute atomic E-state index is 12.2. The van der Waals surface area contributed by atoms with Crippen molar-refractivity contribution in [2.75, 3.05) is 0 Å². The number of nitrogens with one attached hydrogen (secondary N) is 1. The predicted octanol–water partition coefficient (Wildman–Crippen LogP) is 4.25. The van der Waals surface area contributed by atoms with Crippen molar-refractivity contribution >= 4 is 0 Å². The van der Waals surface area contributed by atoms with Crippen LogP contribution in [0.1, 0.15) is 38.2 Å². The molecule has 20 heavy (non-hydrogen) atoms. The predicted molar refractivity (Wildman–Crippen MR) is 71.4 cm³/mol. The number of halogens is 3. The van der Waals surface area contributed by atoms with Crippen LogP contribution in [0, 0.1) is 5.92 Å². The van der Waals surface area contributed by atoms with Gasteiger partial charge in [0.2, 0.25) is 0 Å². The average molecular weight is 287 g/mol. The molecule has 1 N–H and O–H groups in total. The molecule has 0 amide bonds. The molecule has 2 nitrogen and oxygen atoms in total. The third-order valence-electron chi connectivity index (χ3n) is 3.81. The molecule has 0 saturated heterocycles. The van der Waals surface area contributed by atoms with Crippen molar-refractivity contribution in [3.05, 3.63) is 29.8 Å². The Morgan fingerprint density at radius 1 is 1.25 bits per heavy atom. The lowest BCUT2D eigenvalue weighted by Crippen LogP contribution is -2.36. The fourth-order valence-electron chi connectivity index (χ4n) is 2.72. The average Bonchev–Trinajstić information content (AvgIpc) is 2.36. The fourth-order valence-corrected chi connectivity index (χ4v) is 2.72. The highest BCUT2D eigenvalue weighted by molar-refractivity contribution is 5.28. The SMILES string of the molecule is CC1CCCCC1NCc1cccc(OC(F)(F)F)c1. The van der Waals surface area contributed by atoms with Gasteiger partial charge in [0.05, 0.1) is 0 Å². The quantitative estimate of drug-likeness (QED) is 0.893. The lowest BCUT2D eigenvalue weighted by molar-refractivity contribution is -0.274. The van der Waals surface area contributed by atoms with E-state index >= 15 is 0 Å². The standard InChI is InChI=1S/C15H20F3NO/c1-11-5-2-3-8-14(11)19-10-12-6-4-7-13(9-12)20-15(16,17)18/h4,6-7,9,11,14,19H,2-3,5,8,10H2,1H3. The van der Waals surface area contributed by atoms with Gasteiger partial charge in [-0.25, -0.2) is 0 Å².